The van der Waals surface area contributed by atoms with Gasteiger partial charge in [0.15, 0.2) is 0 Å². The Morgan fingerprint density at radius 2 is 2.22 bits per heavy atom. The molecule has 0 unspecified atom stereocenters. The first-order valence-corrected chi connectivity index (χ1v) is 5.48. The molecule has 1 heterocycles. The van der Waals surface area contributed by atoms with Crippen LogP contribution in [0.15, 0.2) is 12.3 Å². The first kappa shape index (κ1) is 14.0. The lowest BCUT2D eigenvalue weighted by atomic mass is 10.1. The second-order valence-electron chi connectivity index (χ2n) is 4.82. The minimum absolute atomic E-state index is 0.120. The number of alkyl carbamates (subject to hydrolysis) is 1. The van der Waals surface area contributed by atoms with Crippen molar-refractivity contribution >= 4 is 12.1 Å². The molecule has 0 saturated heterocycles. The Bertz CT molecular complexity index is 408. The van der Waals surface area contributed by atoms with Crippen LogP contribution in [0.1, 0.15) is 26.5 Å². The summed E-state index contributed by atoms with van der Waals surface area (Å²) in [5.74, 6) is -1.13. The van der Waals surface area contributed by atoms with Gasteiger partial charge in [0.25, 0.3) is 0 Å². The highest BCUT2D eigenvalue weighted by molar-refractivity contribution is 5.80. The maximum atomic E-state index is 11.5. The van der Waals surface area contributed by atoms with E-state index >= 15 is 0 Å². The fourth-order valence-electron chi connectivity index (χ4n) is 1.27. The van der Waals surface area contributed by atoms with Crippen molar-refractivity contribution in [1.29, 1.82) is 0 Å². The Labute approximate surface area is 105 Å². The zero-order chi connectivity index (χ0) is 13.8. The SMILES string of the molecule is CC(C)(C)OC(=O)N[C@H](Cc1ccn[nH]1)C(=O)O. The van der Waals surface area contributed by atoms with E-state index < -0.39 is 23.7 Å². The van der Waals surface area contributed by atoms with Gasteiger partial charge in [0.05, 0.1) is 0 Å². The third-order valence-electron chi connectivity index (χ3n) is 1.97. The minimum atomic E-state index is -1.13. The van der Waals surface area contributed by atoms with E-state index in [-0.39, 0.29) is 6.42 Å². The summed E-state index contributed by atoms with van der Waals surface area (Å²) in [5.41, 5.74) is -0.0420. The topological polar surface area (TPSA) is 104 Å². The van der Waals surface area contributed by atoms with Crippen molar-refractivity contribution in [3.63, 3.8) is 0 Å². The number of nitrogens with zero attached hydrogens (tertiary/aromatic N) is 1. The molecule has 0 fully saturated rings. The largest absolute Gasteiger partial charge is 0.480 e. The van der Waals surface area contributed by atoms with E-state index in [0.29, 0.717) is 5.69 Å². The van der Waals surface area contributed by atoms with Gasteiger partial charge in [0.2, 0.25) is 0 Å². The lowest BCUT2D eigenvalue weighted by Crippen LogP contribution is -2.44. The smallest absolute Gasteiger partial charge is 0.408 e. The number of rotatable bonds is 4. The second kappa shape index (κ2) is 5.52. The van der Waals surface area contributed by atoms with Crippen LogP contribution in [0.2, 0.25) is 0 Å². The number of aliphatic carboxylic acids is 1. The van der Waals surface area contributed by atoms with Gasteiger partial charge in [-0.1, -0.05) is 0 Å². The Hall–Kier alpha value is -2.05. The summed E-state index contributed by atoms with van der Waals surface area (Å²) in [5, 5.41) is 17.7. The van der Waals surface area contributed by atoms with Crippen LogP contribution in [0.25, 0.3) is 0 Å². The molecule has 0 aliphatic rings. The highest BCUT2D eigenvalue weighted by Crippen LogP contribution is 2.07. The predicted octanol–water partition coefficient (Wildman–Crippen LogP) is 0.930. The molecular formula is C11H17N3O4. The standard InChI is InChI=1S/C11H17N3O4/c1-11(2,3)18-10(17)13-8(9(15)16)6-7-4-5-12-14-7/h4-5,8H,6H2,1-3H3,(H,12,14)(H,13,17)(H,15,16)/t8-/m1/s1. The number of H-pyrrole nitrogens is 1. The number of amides is 1. The second-order valence-corrected chi connectivity index (χ2v) is 4.82. The molecule has 3 N–H and O–H groups in total. The number of aromatic amines is 1. The zero-order valence-corrected chi connectivity index (χ0v) is 10.6. The van der Waals surface area contributed by atoms with Crippen molar-refractivity contribution in [2.75, 3.05) is 0 Å². The number of ether oxygens (including phenoxy) is 1. The molecule has 18 heavy (non-hydrogen) atoms. The molecule has 1 aromatic heterocycles. The third kappa shape index (κ3) is 4.86. The summed E-state index contributed by atoms with van der Waals surface area (Å²) < 4.78 is 5.00. The van der Waals surface area contributed by atoms with Gasteiger partial charge in [-0.15, -0.1) is 0 Å². The normalized spacial score (nSPS) is 12.8. The quantitative estimate of drug-likeness (QED) is 0.742. The summed E-state index contributed by atoms with van der Waals surface area (Å²) in [6.45, 7) is 5.12. The fourth-order valence-corrected chi connectivity index (χ4v) is 1.27. The molecule has 1 aromatic rings. The maximum absolute atomic E-state index is 11.5. The van der Waals surface area contributed by atoms with Gasteiger partial charge in [-0.25, -0.2) is 9.59 Å². The minimum Gasteiger partial charge on any atom is -0.480 e. The van der Waals surface area contributed by atoms with Gasteiger partial charge in [0.1, 0.15) is 11.6 Å². The van der Waals surface area contributed by atoms with Crippen LogP contribution in [0.5, 0.6) is 0 Å². The molecule has 1 amide bonds. The van der Waals surface area contributed by atoms with E-state index in [4.69, 9.17) is 9.84 Å². The van der Waals surface area contributed by atoms with Gasteiger partial charge in [-0.3, -0.25) is 5.10 Å². The Balaban J connectivity index is 2.58. The van der Waals surface area contributed by atoms with E-state index in [1.165, 1.54) is 6.20 Å². The molecule has 7 nitrogen and oxygen atoms in total. The molecule has 0 radical (unpaired) electrons. The average molecular weight is 255 g/mol. The molecule has 1 atom stereocenters. The summed E-state index contributed by atoms with van der Waals surface area (Å²) in [7, 11) is 0. The van der Waals surface area contributed by atoms with Crippen LogP contribution in [0, 0.1) is 0 Å². The van der Waals surface area contributed by atoms with E-state index in [9.17, 15) is 9.59 Å². The number of carbonyl (C=O) groups is 2. The van der Waals surface area contributed by atoms with Gasteiger partial charge in [-0.05, 0) is 26.8 Å². The van der Waals surface area contributed by atoms with Crippen molar-refractivity contribution in [1.82, 2.24) is 15.5 Å². The fraction of sp³-hybridized carbons (Fsp3) is 0.545. The number of carbonyl (C=O) groups excluding carboxylic acids is 1. The van der Waals surface area contributed by atoms with E-state index in [1.54, 1.807) is 26.8 Å². The lowest BCUT2D eigenvalue weighted by molar-refractivity contribution is -0.139. The van der Waals surface area contributed by atoms with E-state index in [0.717, 1.165) is 0 Å². The first-order valence-electron chi connectivity index (χ1n) is 5.48. The molecular weight excluding hydrogens is 238 g/mol. The summed E-state index contributed by atoms with van der Waals surface area (Å²) in [4.78, 5) is 22.5. The van der Waals surface area contributed by atoms with Crippen molar-refractivity contribution in [2.24, 2.45) is 0 Å². The molecule has 0 spiro atoms. The van der Waals surface area contributed by atoms with Crippen LogP contribution >= 0.6 is 0 Å². The molecule has 0 aromatic carbocycles. The molecule has 0 bridgehead atoms. The molecule has 0 aliphatic carbocycles. The van der Waals surface area contributed by atoms with Gasteiger partial charge in [0, 0.05) is 18.3 Å². The molecule has 100 valence electrons. The van der Waals surface area contributed by atoms with E-state index in [1.807, 2.05) is 0 Å². The summed E-state index contributed by atoms with van der Waals surface area (Å²) in [6.07, 6.45) is 0.880. The van der Waals surface area contributed by atoms with Gasteiger partial charge in [-0.2, -0.15) is 5.10 Å². The van der Waals surface area contributed by atoms with Crippen molar-refractivity contribution in [2.45, 2.75) is 38.8 Å². The van der Waals surface area contributed by atoms with Crippen LogP contribution in [-0.4, -0.2) is 39.0 Å². The number of hydrogen-bond donors (Lipinski definition) is 3. The number of aromatic nitrogens is 2. The maximum Gasteiger partial charge on any atom is 0.408 e. The summed E-state index contributed by atoms with van der Waals surface area (Å²) >= 11 is 0. The monoisotopic (exact) mass is 255 g/mol. The van der Waals surface area contributed by atoms with E-state index in [2.05, 4.69) is 15.5 Å². The predicted molar refractivity (Wildman–Crippen MR) is 63.1 cm³/mol. The van der Waals surface area contributed by atoms with Gasteiger partial charge < -0.3 is 15.2 Å². The number of nitrogens with one attached hydrogen (secondary N) is 2. The van der Waals surface area contributed by atoms with Crippen LogP contribution in [-0.2, 0) is 16.0 Å². The Kier molecular flexibility index (Phi) is 4.30. The van der Waals surface area contributed by atoms with Crippen molar-refractivity contribution in [3.8, 4) is 0 Å². The third-order valence-corrected chi connectivity index (χ3v) is 1.97. The highest BCUT2D eigenvalue weighted by atomic mass is 16.6. The molecule has 0 saturated carbocycles. The van der Waals surface area contributed by atoms with Crippen LogP contribution in [0.3, 0.4) is 0 Å². The van der Waals surface area contributed by atoms with Crippen LogP contribution in [0.4, 0.5) is 4.79 Å². The summed E-state index contributed by atoms with van der Waals surface area (Å²) in [6, 6.07) is 0.590. The Morgan fingerprint density at radius 3 is 2.67 bits per heavy atom. The van der Waals surface area contributed by atoms with Gasteiger partial charge >= 0.3 is 12.1 Å². The van der Waals surface area contributed by atoms with Crippen molar-refractivity contribution < 1.29 is 19.4 Å². The molecule has 0 aliphatic heterocycles. The molecule has 1 rings (SSSR count). The number of carboxylic acids is 1. The number of carboxylic acid groups (broad SMARTS) is 1. The number of hydrogen-bond acceptors (Lipinski definition) is 4. The zero-order valence-electron chi connectivity index (χ0n) is 10.6. The van der Waals surface area contributed by atoms with Crippen LogP contribution < -0.4 is 5.32 Å². The Morgan fingerprint density at radius 1 is 1.56 bits per heavy atom. The molecule has 7 heteroatoms. The lowest BCUT2D eigenvalue weighted by Gasteiger charge is -2.21. The highest BCUT2D eigenvalue weighted by Gasteiger charge is 2.24. The van der Waals surface area contributed by atoms with Crippen molar-refractivity contribution in [3.05, 3.63) is 18.0 Å². The first-order chi connectivity index (χ1) is 8.28. The average Bonchev–Trinajstić information content (AvgIpc) is 2.66.